The summed E-state index contributed by atoms with van der Waals surface area (Å²) in [5.74, 6) is -0.757. The summed E-state index contributed by atoms with van der Waals surface area (Å²) in [5, 5.41) is 27.4. The van der Waals surface area contributed by atoms with Crippen LogP contribution in [-0.2, 0) is 7.05 Å². The molecule has 3 rings (SSSR count). The van der Waals surface area contributed by atoms with Crippen molar-refractivity contribution in [1.82, 2.24) is 14.8 Å². The lowest BCUT2D eigenvalue weighted by atomic mass is 9.98. The molecule has 0 saturated carbocycles. The highest BCUT2D eigenvalue weighted by Crippen LogP contribution is 2.32. The lowest BCUT2D eigenvalue weighted by molar-refractivity contribution is 0.102. The van der Waals surface area contributed by atoms with E-state index in [1.807, 2.05) is 13.8 Å². The average Bonchev–Trinajstić information content (AvgIpc) is 2.87. The fourth-order valence-electron chi connectivity index (χ4n) is 2.55. The first-order chi connectivity index (χ1) is 11.4. The number of phenols is 2. The summed E-state index contributed by atoms with van der Waals surface area (Å²) >= 11 is 0. The molecule has 0 unspecified atom stereocenters. The average molecular weight is 326 g/mol. The number of fused-ring (bicyclic) bond motifs is 1. The zero-order chi connectivity index (χ0) is 17.4. The molecular formula is C17H18N4O3. The number of aromatic hydroxyl groups is 2. The fourth-order valence-corrected chi connectivity index (χ4v) is 2.55. The zero-order valence-corrected chi connectivity index (χ0v) is 13.6. The number of carbonyl (C=O) groups excluding carboxylic acids is 1. The van der Waals surface area contributed by atoms with Gasteiger partial charge in [-0.1, -0.05) is 13.8 Å². The van der Waals surface area contributed by atoms with Gasteiger partial charge in [0, 0.05) is 18.5 Å². The second-order valence-corrected chi connectivity index (χ2v) is 5.94. The van der Waals surface area contributed by atoms with Crippen molar-refractivity contribution < 1.29 is 15.0 Å². The minimum atomic E-state index is -0.473. The second kappa shape index (κ2) is 5.84. The number of phenolic OH excluding ortho intramolecular Hbond substituents is 2. The molecule has 7 heteroatoms. The van der Waals surface area contributed by atoms with Gasteiger partial charge >= 0.3 is 0 Å². The quantitative estimate of drug-likeness (QED) is 0.687. The van der Waals surface area contributed by atoms with Crippen molar-refractivity contribution in [3.63, 3.8) is 0 Å². The Hall–Kier alpha value is -3.09. The van der Waals surface area contributed by atoms with E-state index in [4.69, 9.17) is 0 Å². The Labute approximate surface area is 138 Å². The van der Waals surface area contributed by atoms with E-state index in [9.17, 15) is 15.0 Å². The molecule has 0 aliphatic carbocycles. The maximum absolute atomic E-state index is 12.5. The first kappa shape index (κ1) is 15.8. The zero-order valence-electron chi connectivity index (χ0n) is 13.6. The van der Waals surface area contributed by atoms with E-state index in [1.54, 1.807) is 24.0 Å². The lowest BCUT2D eigenvalue weighted by Crippen LogP contribution is -2.13. The van der Waals surface area contributed by atoms with Crippen molar-refractivity contribution in [2.24, 2.45) is 7.05 Å². The van der Waals surface area contributed by atoms with Gasteiger partial charge < -0.3 is 15.5 Å². The first-order valence-corrected chi connectivity index (χ1v) is 7.51. The van der Waals surface area contributed by atoms with Gasteiger partial charge in [0.15, 0.2) is 5.65 Å². The number of amides is 1. The molecule has 2 aromatic heterocycles. The number of benzene rings is 1. The SMILES string of the molecule is CC(C)c1cc(C(=O)Nc2cnc3c(cnn3C)c2)c(O)cc1O. The third-order valence-electron chi connectivity index (χ3n) is 3.84. The van der Waals surface area contributed by atoms with Gasteiger partial charge in [-0.25, -0.2) is 4.98 Å². The molecule has 0 bridgehead atoms. The van der Waals surface area contributed by atoms with Gasteiger partial charge in [-0.05, 0) is 23.6 Å². The fraction of sp³-hybridized carbons (Fsp3) is 0.235. The minimum Gasteiger partial charge on any atom is -0.508 e. The smallest absolute Gasteiger partial charge is 0.259 e. The van der Waals surface area contributed by atoms with Crippen LogP contribution in [0.5, 0.6) is 11.5 Å². The standard InChI is InChI=1S/C17H18N4O3/c1-9(2)12-5-13(15(23)6-14(12)22)17(24)20-11-4-10-7-19-21(3)16(10)18-8-11/h4-9,22-23H,1-3H3,(H,20,24). The van der Waals surface area contributed by atoms with Crippen molar-refractivity contribution in [1.29, 1.82) is 0 Å². The number of nitrogens with one attached hydrogen (secondary N) is 1. The molecular weight excluding hydrogens is 308 g/mol. The number of rotatable bonds is 3. The van der Waals surface area contributed by atoms with Crippen LogP contribution in [-0.4, -0.2) is 30.9 Å². The molecule has 2 heterocycles. The van der Waals surface area contributed by atoms with Crippen molar-refractivity contribution >= 4 is 22.6 Å². The molecule has 1 aromatic carbocycles. The van der Waals surface area contributed by atoms with Crippen LogP contribution in [0.15, 0.2) is 30.6 Å². The summed E-state index contributed by atoms with van der Waals surface area (Å²) in [7, 11) is 1.79. The molecule has 3 aromatic rings. The molecule has 124 valence electrons. The Balaban J connectivity index is 1.92. The molecule has 0 atom stereocenters. The van der Waals surface area contributed by atoms with Crippen LogP contribution in [0.3, 0.4) is 0 Å². The highest BCUT2D eigenvalue weighted by molar-refractivity contribution is 6.06. The number of hydrogen-bond donors (Lipinski definition) is 3. The third-order valence-corrected chi connectivity index (χ3v) is 3.84. The number of aromatic nitrogens is 3. The third kappa shape index (κ3) is 2.76. The molecule has 0 aliphatic heterocycles. The Morgan fingerprint density at radius 1 is 1.17 bits per heavy atom. The van der Waals surface area contributed by atoms with Gasteiger partial charge in [0.1, 0.15) is 11.5 Å². The van der Waals surface area contributed by atoms with Crippen molar-refractivity contribution in [3.05, 3.63) is 41.7 Å². The number of hydrogen-bond acceptors (Lipinski definition) is 5. The Morgan fingerprint density at radius 3 is 2.62 bits per heavy atom. The van der Waals surface area contributed by atoms with Crippen LogP contribution < -0.4 is 5.32 Å². The number of nitrogens with zero attached hydrogens (tertiary/aromatic N) is 3. The molecule has 7 nitrogen and oxygen atoms in total. The van der Waals surface area contributed by atoms with Crippen LogP contribution >= 0.6 is 0 Å². The van der Waals surface area contributed by atoms with Crippen LogP contribution in [0.1, 0.15) is 35.7 Å². The molecule has 0 radical (unpaired) electrons. The van der Waals surface area contributed by atoms with Crippen molar-refractivity contribution in [3.8, 4) is 11.5 Å². The predicted molar refractivity (Wildman–Crippen MR) is 90.3 cm³/mol. The second-order valence-electron chi connectivity index (χ2n) is 5.94. The van der Waals surface area contributed by atoms with Gasteiger partial charge in [-0.15, -0.1) is 0 Å². The van der Waals surface area contributed by atoms with Gasteiger partial charge in [-0.3, -0.25) is 9.48 Å². The minimum absolute atomic E-state index is 0.0190. The number of aryl methyl sites for hydroxylation is 1. The molecule has 0 fully saturated rings. The van der Waals surface area contributed by atoms with Crippen LogP contribution in [0.25, 0.3) is 11.0 Å². The van der Waals surface area contributed by atoms with Crippen LogP contribution in [0.4, 0.5) is 5.69 Å². The molecule has 1 amide bonds. The molecule has 24 heavy (non-hydrogen) atoms. The number of pyridine rings is 1. The summed E-state index contributed by atoms with van der Waals surface area (Å²) in [6.07, 6.45) is 3.19. The van der Waals surface area contributed by atoms with E-state index in [0.29, 0.717) is 16.9 Å². The first-order valence-electron chi connectivity index (χ1n) is 7.51. The van der Waals surface area contributed by atoms with Crippen LogP contribution in [0, 0.1) is 0 Å². The van der Waals surface area contributed by atoms with Gasteiger partial charge in [0.25, 0.3) is 5.91 Å². The Morgan fingerprint density at radius 2 is 1.92 bits per heavy atom. The molecule has 0 aliphatic rings. The Bertz CT molecular complexity index is 931. The van der Waals surface area contributed by atoms with E-state index >= 15 is 0 Å². The van der Waals surface area contributed by atoms with Gasteiger partial charge in [0.05, 0.1) is 23.6 Å². The van der Waals surface area contributed by atoms with Crippen LogP contribution in [0.2, 0.25) is 0 Å². The topological polar surface area (TPSA) is 100 Å². The van der Waals surface area contributed by atoms with E-state index in [-0.39, 0.29) is 23.0 Å². The summed E-state index contributed by atoms with van der Waals surface area (Å²) in [4.78, 5) is 16.7. The normalized spacial score (nSPS) is 11.2. The summed E-state index contributed by atoms with van der Waals surface area (Å²) < 4.78 is 1.64. The highest BCUT2D eigenvalue weighted by atomic mass is 16.3. The number of anilines is 1. The largest absolute Gasteiger partial charge is 0.508 e. The van der Waals surface area contributed by atoms with E-state index in [1.165, 1.54) is 18.3 Å². The summed E-state index contributed by atoms with van der Waals surface area (Å²) in [5.41, 5.74) is 1.91. The van der Waals surface area contributed by atoms with Gasteiger partial charge in [-0.2, -0.15) is 5.10 Å². The maximum atomic E-state index is 12.5. The number of carbonyl (C=O) groups is 1. The highest BCUT2D eigenvalue weighted by Gasteiger charge is 2.17. The lowest BCUT2D eigenvalue weighted by Gasteiger charge is -2.12. The maximum Gasteiger partial charge on any atom is 0.259 e. The van der Waals surface area contributed by atoms with Gasteiger partial charge in [0.2, 0.25) is 0 Å². The van der Waals surface area contributed by atoms with E-state index in [0.717, 1.165) is 5.39 Å². The monoisotopic (exact) mass is 326 g/mol. The Kier molecular flexibility index (Phi) is 3.84. The predicted octanol–water partition coefficient (Wildman–Crippen LogP) is 2.76. The summed E-state index contributed by atoms with van der Waals surface area (Å²) in [6, 6.07) is 4.45. The molecule has 0 spiro atoms. The van der Waals surface area contributed by atoms with Crippen molar-refractivity contribution in [2.75, 3.05) is 5.32 Å². The summed E-state index contributed by atoms with van der Waals surface area (Å²) in [6.45, 7) is 3.79. The van der Waals surface area contributed by atoms with E-state index in [2.05, 4.69) is 15.4 Å². The molecule has 3 N–H and O–H groups in total. The van der Waals surface area contributed by atoms with E-state index < -0.39 is 5.91 Å². The molecule has 0 saturated heterocycles. The van der Waals surface area contributed by atoms with Crippen molar-refractivity contribution in [2.45, 2.75) is 19.8 Å².